The average molecular weight is 450 g/mol. The Morgan fingerprint density at radius 1 is 0.970 bits per heavy atom. The van der Waals surface area contributed by atoms with E-state index in [1.807, 2.05) is 23.2 Å². The molecular weight excluding hydrogens is 414 g/mol. The van der Waals surface area contributed by atoms with Crippen molar-refractivity contribution in [3.8, 4) is 0 Å². The van der Waals surface area contributed by atoms with Gasteiger partial charge in [0, 0.05) is 76.2 Å². The standard InChI is InChI=1S/C26H35N5O2/c32-25-11-15-29(21-22-6-4-12-27-20-22)14-5-7-23(10-13-28-25)26(33)31-18-16-30(17-19-31)24-8-2-1-3-9-24/h1-4,6,8-9,12,20,23H,5,7,10-11,13-19,21H2,(H,28,32). The fraction of sp³-hybridized carbons (Fsp3) is 0.500. The van der Waals surface area contributed by atoms with E-state index in [9.17, 15) is 9.59 Å². The quantitative estimate of drug-likeness (QED) is 0.777. The largest absolute Gasteiger partial charge is 0.368 e. The van der Waals surface area contributed by atoms with Gasteiger partial charge in [-0.05, 0) is 49.6 Å². The smallest absolute Gasteiger partial charge is 0.225 e. The van der Waals surface area contributed by atoms with Crippen LogP contribution >= 0.6 is 0 Å². The van der Waals surface area contributed by atoms with Gasteiger partial charge in [0.25, 0.3) is 0 Å². The van der Waals surface area contributed by atoms with Gasteiger partial charge in [-0.3, -0.25) is 19.5 Å². The minimum atomic E-state index is -0.0353. The lowest BCUT2D eigenvalue weighted by molar-refractivity contribution is -0.136. The molecule has 2 aromatic rings. The van der Waals surface area contributed by atoms with Crippen molar-refractivity contribution in [1.29, 1.82) is 0 Å². The van der Waals surface area contributed by atoms with Crippen molar-refractivity contribution in [3.63, 3.8) is 0 Å². The summed E-state index contributed by atoms with van der Waals surface area (Å²) in [6.45, 7) is 6.18. The van der Waals surface area contributed by atoms with Crippen LogP contribution in [0.4, 0.5) is 5.69 Å². The molecule has 0 radical (unpaired) electrons. The van der Waals surface area contributed by atoms with E-state index in [0.717, 1.165) is 64.2 Å². The lowest BCUT2D eigenvalue weighted by atomic mass is 9.97. The summed E-state index contributed by atoms with van der Waals surface area (Å²) in [5, 5.41) is 3.02. The molecule has 3 heterocycles. The van der Waals surface area contributed by atoms with Crippen molar-refractivity contribution in [2.45, 2.75) is 32.2 Å². The normalized spacial score (nSPS) is 21.2. The molecule has 2 saturated heterocycles. The Morgan fingerprint density at radius 3 is 2.55 bits per heavy atom. The Morgan fingerprint density at radius 2 is 1.79 bits per heavy atom. The molecule has 2 aliphatic rings. The van der Waals surface area contributed by atoms with Gasteiger partial charge < -0.3 is 15.1 Å². The van der Waals surface area contributed by atoms with Gasteiger partial charge in [-0.2, -0.15) is 0 Å². The minimum absolute atomic E-state index is 0.0353. The van der Waals surface area contributed by atoms with Crippen LogP contribution in [0.5, 0.6) is 0 Å². The van der Waals surface area contributed by atoms with Crippen molar-refractivity contribution >= 4 is 17.5 Å². The highest BCUT2D eigenvalue weighted by Gasteiger charge is 2.28. The topological polar surface area (TPSA) is 68.8 Å². The van der Waals surface area contributed by atoms with E-state index in [4.69, 9.17) is 0 Å². The van der Waals surface area contributed by atoms with Crippen LogP contribution in [0, 0.1) is 5.92 Å². The lowest BCUT2D eigenvalue weighted by Gasteiger charge is -2.37. The van der Waals surface area contributed by atoms with Gasteiger partial charge in [-0.1, -0.05) is 24.3 Å². The van der Waals surface area contributed by atoms with Crippen LogP contribution in [-0.4, -0.2) is 72.4 Å². The molecule has 33 heavy (non-hydrogen) atoms. The first-order chi connectivity index (χ1) is 16.2. The SMILES string of the molecule is O=C1CCN(Cc2cccnc2)CCCC(C(=O)N2CCN(c3ccccc3)CC2)CCN1. The van der Waals surface area contributed by atoms with E-state index >= 15 is 0 Å². The third kappa shape index (κ3) is 6.78. The molecule has 1 unspecified atom stereocenters. The van der Waals surface area contributed by atoms with Crippen molar-refractivity contribution < 1.29 is 9.59 Å². The molecular formula is C26H35N5O2. The lowest BCUT2D eigenvalue weighted by Crippen LogP contribution is -2.50. The Bertz CT molecular complexity index is 884. The van der Waals surface area contributed by atoms with Crippen LogP contribution in [0.2, 0.25) is 0 Å². The van der Waals surface area contributed by atoms with E-state index in [2.05, 4.69) is 50.4 Å². The van der Waals surface area contributed by atoms with Gasteiger partial charge in [0.1, 0.15) is 0 Å². The van der Waals surface area contributed by atoms with E-state index in [-0.39, 0.29) is 17.7 Å². The summed E-state index contributed by atoms with van der Waals surface area (Å²) in [4.78, 5) is 36.6. The first-order valence-corrected chi connectivity index (χ1v) is 12.2. The van der Waals surface area contributed by atoms with Crippen LogP contribution in [0.25, 0.3) is 0 Å². The maximum atomic E-state index is 13.4. The number of pyridine rings is 1. The fourth-order valence-corrected chi connectivity index (χ4v) is 4.79. The predicted octanol–water partition coefficient (Wildman–Crippen LogP) is 2.54. The molecule has 2 aliphatic heterocycles. The zero-order valence-electron chi connectivity index (χ0n) is 19.4. The summed E-state index contributed by atoms with van der Waals surface area (Å²) < 4.78 is 0. The number of piperazine rings is 1. The molecule has 1 aromatic heterocycles. The van der Waals surface area contributed by atoms with Gasteiger partial charge in [0.2, 0.25) is 11.8 Å². The van der Waals surface area contributed by atoms with Crippen molar-refractivity contribution in [2.24, 2.45) is 5.92 Å². The Kier molecular flexibility index (Phi) is 8.30. The number of aromatic nitrogens is 1. The molecule has 176 valence electrons. The molecule has 4 rings (SSSR count). The molecule has 0 saturated carbocycles. The van der Waals surface area contributed by atoms with Crippen LogP contribution in [0.15, 0.2) is 54.9 Å². The van der Waals surface area contributed by atoms with Gasteiger partial charge in [-0.25, -0.2) is 0 Å². The summed E-state index contributed by atoms with van der Waals surface area (Å²) in [6, 6.07) is 14.4. The molecule has 1 N–H and O–H groups in total. The van der Waals surface area contributed by atoms with Crippen molar-refractivity contribution in [3.05, 3.63) is 60.4 Å². The molecule has 0 aliphatic carbocycles. The molecule has 2 amide bonds. The molecule has 0 spiro atoms. The maximum absolute atomic E-state index is 13.4. The van der Waals surface area contributed by atoms with Crippen LogP contribution < -0.4 is 10.2 Å². The second-order valence-electron chi connectivity index (χ2n) is 9.01. The number of rotatable bonds is 4. The van der Waals surface area contributed by atoms with Gasteiger partial charge in [-0.15, -0.1) is 0 Å². The minimum Gasteiger partial charge on any atom is -0.368 e. The molecule has 1 aromatic carbocycles. The van der Waals surface area contributed by atoms with Gasteiger partial charge in [0.05, 0.1) is 0 Å². The van der Waals surface area contributed by atoms with E-state index < -0.39 is 0 Å². The Labute approximate surface area is 196 Å². The third-order valence-electron chi connectivity index (χ3n) is 6.69. The number of hydrogen-bond acceptors (Lipinski definition) is 5. The Hall–Kier alpha value is -2.93. The van der Waals surface area contributed by atoms with Crippen LogP contribution in [-0.2, 0) is 16.1 Å². The number of para-hydroxylation sites is 1. The van der Waals surface area contributed by atoms with Crippen molar-refractivity contribution in [2.75, 3.05) is 50.7 Å². The van der Waals surface area contributed by atoms with E-state index in [1.165, 1.54) is 5.69 Å². The summed E-state index contributed by atoms with van der Waals surface area (Å²) >= 11 is 0. The zero-order valence-corrected chi connectivity index (χ0v) is 19.4. The number of nitrogens with zero attached hydrogens (tertiary/aromatic N) is 4. The fourth-order valence-electron chi connectivity index (χ4n) is 4.79. The van der Waals surface area contributed by atoms with Gasteiger partial charge >= 0.3 is 0 Å². The zero-order chi connectivity index (χ0) is 22.9. The predicted molar refractivity (Wildman–Crippen MR) is 130 cm³/mol. The number of anilines is 1. The summed E-state index contributed by atoms with van der Waals surface area (Å²) in [5.41, 5.74) is 2.37. The first kappa shape index (κ1) is 23.2. The van der Waals surface area contributed by atoms with E-state index in [1.54, 1.807) is 6.20 Å². The third-order valence-corrected chi connectivity index (χ3v) is 6.69. The first-order valence-electron chi connectivity index (χ1n) is 12.2. The molecule has 1 atom stereocenters. The Balaban J connectivity index is 1.33. The second-order valence-corrected chi connectivity index (χ2v) is 9.01. The molecule has 0 bridgehead atoms. The number of benzene rings is 1. The number of amides is 2. The number of carbonyl (C=O) groups is 2. The highest BCUT2D eigenvalue weighted by atomic mass is 16.2. The number of nitrogens with one attached hydrogen (secondary N) is 1. The average Bonchev–Trinajstić information content (AvgIpc) is 2.90. The van der Waals surface area contributed by atoms with Gasteiger partial charge in [0.15, 0.2) is 0 Å². The monoisotopic (exact) mass is 449 g/mol. The van der Waals surface area contributed by atoms with Crippen LogP contribution in [0.3, 0.4) is 0 Å². The van der Waals surface area contributed by atoms with E-state index in [0.29, 0.717) is 19.4 Å². The highest BCUT2D eigenvalue weighted by molar-refractivity contribution is 5.79. The summed E-state index contributed by atoms with van der Waals surface area (Å²) in [5.74, 6) is 0.276. The number of carbonyl (C=O) groups excluding carboxylic acids is 2. The van der Waals surface area contributed by atoms with Crippen LogP contribution in [0.1, 0.15) is 31.2 Å². The maximum Gasteiger partial charge on any atom is 0.225 e. The highest BCUT2D eigenvalue weighted by Crippen LogP contribution is 2.20. The molecule has 7 nitrogen and oxygen atoms in total. The summed E-state index contributed by atoms with van der Waals surface area (Å²) in [7, 11) is 0. The summed E-state index contributed by atoms with van der Waals surface area (Å²) in [6.07, 6.45) is 6.67. The molecule has 7 heteroatoms. The molecule has 2 fully saturated rings. The van der Waals surface area contributed by atoms with Crippen molar-refractivity contribution in [1.82, 2.24) is 20.1 Å². The number of hydrogen-bond donors (Lipinski definition) is 1. The second kappa shape index (κ2) is 11.8.